The van der Waals surface area contributed by atoms with Crippen molar-refractivity contribution in [2.24, 2.45) is 0 Å². The summed E-state index contributed by atoms with van der Waals surface area (Å²) in [5.74, 6) is -0.461. The van der Waals surface area contributed by atoms with Gasteiger partial charge in [0.05, 0.1) is 19.9 Å². The molecule has 21 heavy (non-hydrogen) atoms. The lowest BCUT2D eigenvalue weighted by Gasteiger charge is -2.15. The molecule has 1 aromatic carbocycles. The fraction of sp³-hybridized carbons (Fsp3) is 0.250. The number of aliphatic carboxylic acids is 1. The molecule has 110 valence electrons. The van der Waals surface area contributed by atoms with E-state index < -0.39 is 11.9 Å². The van der Waals surface area contributed by atoms with Crippen molar-refractivity contribution in [3.05, 3.63) is 53.9 Å². The number of carbonyl (C=O) groups is 1. The van der Waals surface area contributed by atoms with Crippen molar-refractivity contribution in [3.63, 3.8) is 0 Å². The van der Waals surface area contributed by atoms with Crippen LogP contribution in [0.2, 0.25) is 0 Å². The van der Waals surface area contributed by atoms with Crippen molar-refractivity contribution in [2.45, 2.75) is 12.3 Å². The third-order valence-corrected chi connectivity index (χ3v) is 3.25. The van der Waals surface area contributed by atoms with E-state index in [9.17, 15) is 9.90 Å². The Labute approximate surface area is 123 Å². The Morgan fingerprint density at radius 2 is 1.90 bits per heavy atom. The molecule has 0 aliphatic heterocycles. The molecule has 1 unspecified atom stereocenters. The van der Waals surface area contributed by atoms with Crippen molar-refractivity contribution in [1.29, 1.82) is 0 Å². The van der Waals surface area contributed by atoms with Gasteiger partial charge in [0.1, 0.15) is 17.4 Å². The van der Waals surface area contributed by atoms with E-state index in [1.54, 1.807) is 25.4 Å². The van der Waals surface area contributed by atoms with Gasteiger partial charge in [-0.15, -0.1) is 0 Å². The summed E-state index contributed by atoms with van der Waals surface area (Å²) in [7, 11) is 3.10. The van der Waals surface area contributed by atoms with Crippen LogP contribution in [0.25, 0.3) is 0 Å². The first-order valence-corrected chi connectivity index (χ1v) is 6.50. The van der Waals surface area contributed by atoms with Crippen LogP contribution in [0.5, 0.6) is 11.5 Å². The van der Waals surface area contributed by atoms with Crippen molar-refractivity contribution in [1.82, 2.24) is 4.98 Å². The number of aromatic nitrogens is 1. The minimum atomic E-state index is -0.928. The van der Waals surface area contributed by atoms with E-state index in [-0.39, 0.29) is 0 Å². The van der Waals surface area contributed by atoms with Gasteiger partial charge in [-0.2, -0.15) is 0 Å². The van der Waals surface area contributed by atoms with Crippen LogP contribution in [-0.2, 0) is 11.2 Å². The molecule has 2 aromatic rings. The van der Waals surface area contributed by atoms with Gasteiger partial charge in [-0.1, -0.05) is 12.1 Å². The molecule has 1 atom stereocenters. The highest BCUT2D eigenvalue weighted by Crippen LogP contribution is 2.28. The Kier molecular flexibility index (Phi) is 4.77. The zero-order valence-corrected chi connectivity index (χ0v) is 11.9. The number of carboxylic acids is 1. The summed E-state index contributed by atoms with van der Waals surface area (Å²) >= 11 is 0. The van der Waals surface area contributed by atoms with E-state index in [0.29, 0.717) is 17.9 Å². The minimum Gasteiger partial charge on any atom is -0.497 e. The van der Waals surface area contributed by atoms with Gasteiger partial charge in [0.25, 0.3) is 0 Å². The summed E-state index contributed by atoms with van der Waals surface area (Å²) in [6, 6.07) is 10.8. The van der Waals surface area contributed by atoms with Crippen LogP contribution in [0, 0.1) is 0 Å². The molecule has 0 saturated carbocycles. The van der Waals surface area contributed by atoms with Crippen LogP contribution >= 0.6 is 0 Å². The Morgan fingerprint density at radius 3 is 2.48 bits per heavy atom. The number of hydrogen-bond donors (Lipinski definition) is 1. The van der Waals surface area contributed by atoms with Crippen LogP contribution in [-0.4, -0.2) is 30.3 Å². The normalized spacial score (nSPS) is 11.7. The fourth-order valence-corrected chi connectivity index (χ4v) is 2.14. The largest absolute Gasteiger partial charge is 0.497 e. The molecule has 0 aliphatic carbocycles. The SMILES string of the molecule is COc1ccc(CC(C(=O)O)c2ncccc2OC)cc1. The Bertz CT molecular complexity index is 610. The number of pyridine rings is 1. The Hall–Kier alpha value is -2.56. The molecule has 0 radical (unpaired) electrons. The smallest absolute Gasteiger partial charge is 0.313 e. The average molecular weight is 287 g/mol. The van der Waals surface area contributed by atoms with Gasteiger partial charge in [-0.3, -0.25) is 9.78 Å². The van der Waals surface area contributed by atoms with Crippen LogP contribution in [0.3, 0.4) is 0 Å². The van der Waals surface area contributed by atoms with Gasteiger partial charge in [-0.05, 0) is 36.2 Å². The number of benzene rings is 1. The third kappa shape index (κ3) is 3.51. The molecule has 5 nitrogen and oxygen atoms in total. The standard InChI is InChI=1S/C16H17NO4/c1-20-12-7-5-11(6-8-12)10-13(16(18)19)15-14(21-2)4-3-9-17-15/h3-9,13H,10H2,1-2H3,(H,18,19). The molecule has 0 aliphatic rings. The summed E-state index contributed by atoms with van der Waals surface area (Å²) in [4.78, 5) is 15.7. The monoisotopic (exact) mass is 287 g/mol. The number of carboxylic acid groups (broad SMARTS) is 1. The fourth-order valence-electron chi connectivity index (χ4n) is 2.14. The van der Waals surface area contributed by atoms with E-state index in [4.69, 9.17) is 9.47 Å². The van der Waals surface area contributed by atoms with Crippen LogP contribution in [0.15, 0.2) is 42.6 Å². The van der Waals surface area contributed by atoms with E-state index in [0.717, 1.165) is 11.3 Å². The topological polar surface area (TPSA) is 68.7 Å². The first-order valence-electron chi connectivity index (χ1n) is 6.50. The highest BCUT2D eigenvalue weighted by molar-refractivity contribution is 5.76. The lowest BCUT2D eigenvalue weighted by atomic mass is 9.95. The molecule has 2 rings (SSSR count). The summed E-state index contributed by atoms with van der Waals surface area (Å²) in [6.07, 6.45) is 1.91. The first-order chi connectivity index (χ1) is 10.2. The zero-order valence-electron chi connectivity index (χ0n) is 11.9. The molecule has 5 heteroatoms. The Morgan fingerprint density at radius 1 is 1.19 bits per heavy atom. The maximum Gasteiger partial charge on any atom is 0.313 e. The number of ether oxygens (including phenoxy) is 2. The lowest BCUT2D eigenvalue weighted by Crippen LogP contribution is -2.16. The quantitative estimate of drug-likeness (QED) is 0.884. The van der Waals surface area contributed by atoms with E-state index in [2.05, 4.69) is 4.98 Å². The van der Waals surface area contributed by atoms with Gasteiger partial charge >= 0.3 is 5.97 Å². The van der Waals surface area contributed by atoms with Gasteiger partial charge < -0.3 is 14.6 Å². The molecule has 0 amide bonds. The second-order valence-corrected chi connectivity index (χ2v) is 4.53. The minimum absolute atomic E-state index is 0.340. The average Bonchev–Trinajstić information content (AvgIpc) is 2.53. The van der Waals surface area contributed by atoms with E-state index in [1.165, 1.54) is 7.11 Å². The molecule has 1 heterocycles. The first kappa shape index (κ1) is 14.8. The lowest BCUT2D eigenvalue weighted by molar-refractivity contribution is -0.138. The van der Waals surface area contributed by atoms with Gasteiger partial charge in [0.15, 0.2) is 0 Å². The predicted molar refractivity (Wildman–Crippen MR) is 77.9 cm³/mol. The number of rotatable bonds is 6. The molecule has 1 aromatic heterocycles. The van der Waals surface area contributed by atoms with Crippen LogP contribution < -0.4 is 9.47 Å². The summed E-state index contributed by atoms with van der Waals surface area (Å²) in [5.41, 5.74) is 1.33. The van der Waals surface area contributed by atoms with Crippen molar-refractivity contribution in [2.75, 3.05) is 14.2 Å². The molecule has 0 fully saturated rings. The zero-order chi connectivity index (χ0) is 15.2. The highest BCUT2D eigenvalue weighted by Gasteiger charge is 2.25. The second kappa shape index (κ2) is 6.74. The molecule has 0 bridgehead atoms. The Balaban J connectivity index is 2.28. The molecular weight excluding hydrogens is 270 g/mol. The summed E-state index contributed by atoms with van der Waals surface area (Å²) in [6.45, 7) is 0. The van der Waals surface area contributed by atoms with Crippen molar-refractivity contribution < 1.29 is 19.4 Å². The molecule has 0 saturated heterocycles. The molecule has 0 spiro atoms. The van der Waals surface area contributed by atoms with Crippen LogP contribution in [0.4, 0.5) is 0 Å². The maximum atomic E-state index is 11.6. The molecular formula is C16H17NO4. The van der Waals surface area contributed by atoms with Gasteiger partial charge in [-0.25, -0.2) is 0 Å². The van der Waals surface area contributed by atoms with Crippen molar-refractivity contribution >= 4 is 5.97 Å². The molecule has 1 N–H and O–H groups in total. The number of nitrogens with zero attached hydrogens (tertiary/aromatic N) is 1. The van der Waals surface area contributed by atoms with Gasteiger partial charge in [0, 0.05) is 6.20 Å². The van der Waals surface area contributed by atoms with E-state index in [1.807, 2.05) is 24.3 Å². The van der Waals surface area contributed by atoms with E-state index >= 15 is 0 Å². The number of methoxy groups -OCH3 is 2. The third-order valence-electron chi connectivity index (χ3n) is 3.25. The second-order valence-electron chi connectivity index (χ2n) is 4.53. The summed E-state index contributed by atoms with van der Waals surface area (Å²) in [5, 5.41) is 9.49. The maximum absolute atomic E-state index is 11.6. The highest BCUT2D eigenvalue weighted by atomic mass is 16.5. The van der Waals surface area contributed by atoms with Crippen LogP contribution in [0.1, 0.15) is 17.2 Å². The number of hydrogen-bond acceptors (Lipinski definition) is 4. The summed E-state index contributed by atoms with van der Waals surface area (Å²) < 4.78 is 10.3. The van der Waals surface area contributed by atoms with Gasteiger partial charge in [0.2, 0.25) is 0 Å². The predicted octanol–water partition coefficient (Wildman–Crippen LogP) is 2.51. The van der Waals surface area contributed by atoms with Crippen molar-refractivity contribution in [3.8, 4) is 11.5 Å².